The van der Waals surface area contributed by atoms with E-state index in [0.717, 1.165) is 18.7 Å². The fourth-order valence-electron chi connectivity index (χ4n) is 1.90. The van der Waals surface area contributed by atoms with Crippen LogP contribution in [-0.4, -0.2) is 37.7 Å². The van der Waals surface area contributed by atoms with Crippen LogP contribution >= 0.6 is 0 Å². The molecule has 0 aliphatic rings. The minimum atomic E-state index is -0.275. The van der Waals surface area contributed by atoms with Crippen LogP contribution in [0.3, 0.4) is 0 Å². The highest BCUT2D eigenvalue weighted by Gasteiger charge is 2.12. The van der Waals surface area contributed by atoms with Crippen molar-refractivity contribution in [3.63, 3.8) is 0 Å². The Labute approximate surface area is 120 Å². The van der Waals surface area contributed by atoms with Crippen molar-refractivity contribution in [1.29, 1.82) is 0 Å². The predicted molar refractivity (Wildman–Crippen MR) is 79.8 cm³/mol. The Kier molecular flexibility index (Phi) is 7.24. The Balaban J connectivity index is 2.93. The number of hydrogen-bond donors (Lipinski definition) is 1. The maximum atomic E-state index is 13.3. The van der Waals surface area contributed by atoms with Crippen LogP contribution in [0.4, 0.5) is 4.39 Å². The van der Waals surface area contributed by atoms with E-state index in [1.54, 1.807) is 13.2 Å². The zero-order chi connectivity index (χ0) is 15.0. The van der Waals surface area contributed by atoms with E-state index in [4.69, 9.17) is 10.5 Å². The Morgan fingerprint density at radius 2 is 2.15 bits per heavy atom. The number of halogens is 1. The van der Waals surface area contributed by atoms with Gasteiger partial charge in [-0.15, -0.1) is 0 Å². The van der Waals surface area contributed by atoms with Crippen LogP contribution in [0.15, 0.2) is 18.2 Å². The van der Waals surface area contributed by atoms with Gasteiger partial charge in [-0.05, 0) is 31.5 Å². The second-order valence-electron chi connectivity index (χ2n) is 4.86. The minimum absolute atomic E-state index is 0.271. The SMILES string of the molecule is COCCN(Cc1ccc(F)cc1C#CCN)C(C)C. The van der Waals surface area contributed by atoms with Crippen molar-refractivity contribution >= 4 is 0 Å². The van der Waals surface area contributed by atoms with Crippen molar-refractivity contribution in [2.75, 3.05) is 26.8 Å². The molecule has 0 bridgehead atoms. The number of hydrogen-bond acceptors (Lipinski definition) is 3. The van der Waals surface area contributed by atoms with E-state index in [1.807, 2.05) is 0 Å². The van der Waals surface area contributed by atoms with Gasteiger partial charge in [0.15, 0.2) is 0 Å². The van der Waals surface area contributed by atoms with Gasteiger partial charge in [0.05, 0.1) is 13.2 Å². The summed E-state index contributed by atoms with van der Waals surface area (Å²) in [5, 5.41) is 0. The Morgan fingerprint density at radius 3 is 2.75 bits per heavy atom. The van der Waals surface area contributed by atoms with Gasteiger partial charge in [0.2, 0.25) is 0 Å². The standard InChI is InChI=1S/C16H23FN2O/c1-13(2)19(9-10-20-3)12-15-6-7-16(17)11-14(15)5-4-8-18/h6-7,11,13H,8-10,12,18H2,1-3H3. The van der Waals surface area contributed by atoms with E-state index in [-0.39, 0.29) is 12.4 Å². The van der Waals surface area contributed by atoms with E-state index in [9.17, 15) is 4.39 Å². The smallest absolute Gasteiger partial charge is 0.124 e. The van der Waals surface area contributed by atoms with Crippen molar-refractivity contribution in [3.8, 4) is 11.8 Å². The topological polar surface area (TPSA) is 38.5 Å². The highest BCUT2D eigenvalue weighted by Crippen LogP contribution is 2.14. The molecule has 0 aliphatic carbocycles. The lowest BCUT2D eigenvalue weighted by atomic mass is 10.1. The molecule has 0 aromatic heterocycles. The summed E-state index contributed by atoms with van der Waals surface area (Å²) in [5.41, 5.74) is 7.10. The van der Waals surface area contributed by atoms with Crippen molar-refractivity contribution in [2.24, 2.45) is 5.73 Å². The largest absolute Gasteiger partial charge is 0.383 e. The second-order valence-corrected chi connectivity index (χ2v) is 4.86. The maximum absolute atomic E-state index is 13.3. The maximum Gasteiger partial charge on any atom is 0.124 e. The van der Waals surface area contributed by atoms with Crippen LogP contribution in [0.2, 0.25) is 0 Å². The molecule has 0 saturated carbocycles. The number of nitrogens with zero attached hydrogens (tertiary/aromatic N) is 1. The summed E-state index contributed by atoms with van der Waals surface area (Å²) in [7, 11) is 1.69. The summed E-state index contributed by atoms with van der Waals surface area (Å²) in [4.78, 5) is 2.27. The number of benzene rings is 1. The molecule has 0 amide bonds. The van der Waals surface area contributed by atoms with E-state index in [0.29, 0.717) is 18.2 Å². The molecule has 0 saturated heterocycles. The fraction of sp³-hybridized carbons (Fsp3) is 0.500. The summed E-state index contributed by atoms with van der Waals surface area (Å²) in [6.45, 7) is 6.75. The Morgan fingerprint density at radius 1 is 1.40 bits per heavy atom. The third-order valence-electron chi connectivity index (χ3n) is 3.08. The van der Waals surface area contributed by atoms with Gasteiger partial charge in [-0.25, -0.2) is 4.39 Å². The second kappa shape index (κ2) is 8.70. The zero-order valence-electron chi connectivity index (χ0n) is 12.4. The normalized spacial score (nSPS) is 10.8. The summed E-state index contributed by atoms with van der Waals surface area (Å²) in [5.74, 6) is 5.45. The van der Waals surface area contributed by atoms with Crippen molar-refractivity contribution in [1.82, 2.24) is 4.90 Å². The average molecular weight is 278 g/mol. The summed E-state index contributed by atoms with van der Waals surface area (Å²) >= 11 is 0. The third-order valence-corrected chi connectivity index (χ3v) is 3.08. The molecular weight excluding hydrogens is 255 g/mol. The molecule has 0 fully saturated rings. The first-order valence-corrected chi connectivity index (χ1v) is 6.78. The lowest BCUT2D eigenvalue weighted by Gasteiger charge is -2.26. The van der Waals surface area contributed by atoms with Crippen molar-refractivity contribution < 1.29 is 9.13 Å². The van der Waals surface area contributed by atoms with E-state index >= 15 is 0 Å². The van der Waals surface area contributed by atoms with E-state index < -0.39 is 0 Å². The van der Waals surface area contributed by atoms with Gasteiger partial charge in [0.25, 0.3) is 0 Å². The molecule has 0 atom stereocenters. The molecule has 2 N–H and O–H groups in total. The molecule has 0 unspecified atom stereocenters. The predicted octanol–water partition coefficient (Wildman–Crippen LogP) is 1.99. The number of methoxy groups -OCH3 is 1. The quantitative estimate of drug-likeness (QED) is 0.809. The van der Waals surface area contributed by atoms with Gasteiger partial charge in [-0.3, -0.25) is 4.90 Å². The molecule has 0 heterocycles. The molecule has 20 heavy (non-hydrogen) atoms. The van der Waals surface area contributed by atoms with Gasteiger partial charge in [-0.2, -0.15) is 0 Å². The first kappa shape index (κ1) is 16.6. The van der Waals surface area contributed by atoms with Crippen LogP contribution < -0.4 is 5.73 Å². The van der Waals surface area contributed by atoms with Crippen LogP contribution in [-0.2, 0) is 11.3 Å². The van der Waals surface area contributed by atoms with Crippen LogP contribution in [0, 0.1) is 17.7 Å². The first-order valence-electron chi connectivity index (χ1n) is 6.78. The van der Waals surface area contributed by atoms with E-state index in [1.165, 1.54) is 12.1 Å². The highest BCUT2D eigenvalue weighted by atomic mass is 19.1. The van der Waals surface area contributed by atoms with Crippen molar-refractivity contribution in [3.05, 3.63) is 35.1 Å². The van der Waals surface area contributed by atoms with Gasteiger partial charge in [-0.1, -0.05) is 17.9 Å². The Bertz CT molecular complexity index is 477. The summed E-state index contributed by atoms with van der Waals surface area (Å²) in [6, 6.07) is 5.10. The number of rotatable bonds is 6. The van der Waals surface area contributed by atoms with Crippen molar-refractivity contribution in [2.45, 2.75) is 26.4 Å². The molecule has 1 aromatic rings. The van der Waals surface area contributed by atoms with Gasteiger partial charge in [0, 0.05) is 31.8 Å². The van der Waals surface area contributed by atoms with E-state index in [2.05, 4.69) is 30.6 Å². The molecule has 0 aliphatic heterocycles. The van der Waals surface area contributed by atoms with Crippen LogP contribution in [0.5, 0.6) is 0 Å². The molecule has 0 radical (unpaired) electrons. The summed E-state index contributed by atoms with van der Waals surface area (Å²) in [6.07, 6.45) is 0. The Hall–Kier alpha value is -1.41. The average Bonchev–Trinajstić information content (AvgIpc) is 2.42. The van der Waals surface area contributed by atoms with Gasteiger partial charge >= 0.3 is 0 Å². The molecule has 110 valence electrons. The molecule has 3 nitrogen and oxygen atoms in total. The molecule has 4 heteroatoms. The van der Waals surface area contributed by atoms with Gasteiger partial charge < -0.3 is 10.5 Å². The first-order chi connectivity index (χ1) is 9.58. The fourth-order valence-corrected chi connectivity index (χ4v) is 1.90. The number of ether oxygens (including phenoxy) is 1. The third kappa shape index (κ3) is 5.30. The van der Waals surface area contributed by atoms with Crippen LogP contribution in [0.1, 0.15) is 25.0 Å². The molecule has 1 rings (SSSR count). The summed E-state index contributed by atoms with van der Waals surface area (Å²) < 4.78 is 18.5. The van der Waals surface area contributed by atoms with Gasteiger partial charge in [0.1, 0.15) is 5.82 Å². The van der Waals surface area contributed by atoms with Crippen LogP contribution in [0.25, 0.3) is 0 Å². The zero-order valence-corrected chi connectivity index (χ0v) is 12.4. The highest BCUT2D eigenvalue weighted by molar-refractivity contribution is 5.42. The lowest BCUT2D eigenvalue weighted by molar-refractivity contribution is 0.125. The lowest BCUT2D eigenvalue weighted by Crippen LogP contribution is -2.33. The minimum Gasteiger partial charge on any atom is -0.383 e. The number of nitrogens with two attached hydrogens (primary N) is 1. The monoisotopic (exact) mass is 278 g/mol. The molecule has 1 aromatic carbocycles. The molecule has 0 spiro atoms. The molecular formula is C16H23FN2O.